The molecule has 1 atom stereocenters. The van der Waals surface area contributed by atoms with Crippen molar-refractivity contribution in [3.63, 3.8) is 0 Å². The molecule has 2 heterocycles. The molecule has 150 valence electrons. The van der Waals surface area contributed by atoms with Crippen molar-refractivity contribution in [2.24, 2.45) is 0 Å². The lowest BCUT2D eigenvalue weighted by Gasteiger charge is -2.29. The van der Waals surface area contributed by atoms with Crippen molar-refractivity contribution in [3.05, 3.63) is 53.2 Å². The van der Waals surface area contributed by atoms with Crippen molar-refractivity contribution in [3.8, 4) is 11.4 Å². The zero-order valence-electron chi connectivity index (χ0n) is 14.8. The van der Waals surface area contributed by atoms with Gasteiger partial charge in [-0.25, -0.2) is 13.1 Å². The van der Waals surface area contributed by atoms with Crippen molar-refractivity contribution in [1.82, 2.24) is 14.9 Å². The molecule has 0 saturated heterocycles. The fourth-order valence-corrected chi connectivity index (χ4v) is 5.00. The number of alkyl halides is 3. The summed E-state index contributed by atoms with van der Waals surface area (Å²) in [6.07, 6.45) is -4.26. The molecule has 0 radical (unpaired) electrons. The maximum atomic E-state index is 12.6. The number of hydrogen-bond donors (Lipinski definition) is 1. The fraction of sp³-hybridized carbons (Fsp3) is 0.294. The molecule has 1 aromatic carbocycles. The van der Waals surface area contributed by atoms with E-state index in [-0.39, 0.29) is 10.0 Å². The number of thiophene rings is 1. The van der Waals surface area contributed by atoms with Gasteiger partial charge in [-0.3, -0.25) is 0 Å². The fourth-order valence-electron chi connectivity index (χ4n) is 2.54. The van der Waals surface area contributed by atoms with Crippen LogP contribution in [0.25, 0.3) is 11.4 Å². The van der Waals surface area contributed by atoms with E-state index in [1.54, 1.807) is 30.5 Å². The third-order valence-corrected chi connectivity index (χ3v) is 7.27. The van der Waals surface area contributed by atoms with Crippen molar-refractivity contribution in [2.45, 2.75) is 36.2 Å². The summed E-state index contributed by atoms with van der Waals surface area (Å²) in [6.45, 7) is 3.57. The highest BCUT2D eigenvalue weighted by molar-refractivity contribution is 7.91. The second-order valence-electron chi connectivity index (χ2n) is 6.22. The smallest absolute Gasteiger partial charge is 0.329 e. The van der Waals surface area contributed by atoms with E-state index in [1.165, 1.54) is 18.2 Å². The Morgan fingerprint density at radius 3 is 2.36 bits per heavy atom. The summed E-state index contributed by atoms with van der Waals surface area (Å²) in [6, 6.07) is 9.46. The molecule has 0 fully saturated rings. The average molecular weight is 431 g/mol. The van der Waals surface area contributed by atoms with Crippen molar-refractivity contribution >= 4 is 21.4 Å². The van der Waals surface area contributed by atoms with E-state index in [0.717, 1.165) is 11.3 Å². The Kier molecular flexibility index (Phi) is 5.34. The highest BCUT2D eigenvalue weighted by atomic mass is 32.2. The second-order valence-corrected chi connectivity index (χ2v) is 9.08. The molecule has 11 heteroatoms. The Hall–Kier alpha value is -2.24. The predicted octanol–water partition coefficient (Wildman–Crippen LogP) is 4.42. The lowest BCUT2D eigenvalue weighted by molar-refractivity contribution is -0.159. The lowest BCUT2D eigenvalue weighted by Crippen LogP contribution is -2.42. The molecule has 1 N–H and O–H groups in total. The molecule has 0 bridgehead atoms. The number of hydrogen-bond acceptors (Lipinski definition) is 6. The molecule has 1 unspecified atom stereocenters. The molecular weight excluding hydrogens is 415 g/mol. The van der Waals surface area contributed by atoms with Gasteiger partial charge in [0.05, 0.1) is 5.54 Å². The van der Waals surface area contributed by atoms with Crippen LogP contribution in [-0.2, 0) is 21.7 Å². The highest BCUT2D eigenvalue weighted by Crippen LogP contribution is 2.32. The van der Waals surface area contributed by atoms with Gasteiger partial charge in [0.25, 0.3) is 10.0 Å². The van der Waals surface area contributed by atoms with Gasteiger partial charge >= 0.3 is 12.1 Å². The number of nitrogens with one attached hydrogen (secondary N) is 1. The van der Waals surface area contributed by atoms with E-state index < -0.39 is 27.6 Å². The Morgan fingerprint density at radius 1 is 1.18 bits per heavy atom. The molecule has 0 aliphatic rings. The molecule has 0 aliphatic heterocycles. The van der Waals surface area contributed by atoms with E-state index >= 15 is 0 Å². The minimum Gasteiger partial charge on any atom is -0.329 e. The van der Waals surface area contributed by atoms with Crippen LogP contribution in [0, 0.1) is 0 Å². The van der Waals surface area contributed by atoms with E-state index in [0.29, 0.717) is 17.5 Å². The summed E-state index contributed by atoms with van der Waals surface area (Å²) in [5, 5.41) is 5.02. The first-order chi connectivity index (χ1) is 13.0. The first-order valence-electron chi connectivity index (χ1n) is 8.14. The number of sulfonamides is 1. The van der Waals surface area contributed by atoms with Crippen molar-refractivity contribution in [2.75, 3.05) is 0 Å². The monoisotopic (exact) mass is 431 g/mol. The standard InChI is InChI=1S/C17H16F3N3O3S2/c1-3-16(2,23-28(24,25)13-5-4-10-27-13)12-8-6-11(7-9-12)14-21-15(26-22-14)17(18,19)20/h4-10,23H,3H2,1-2H3. The van der Waals surface area contributed by atoms with Crippen molar-refractivity contribution < 1.29 is 26.1 Å². The van der Waals surface area contributed by atoms with Crippen LogP contribution in [0.4, 0.5) is 13.2 Å². The van der Waals surface area contributed by atoms with Crippen LogP contribution < -0.4 is 4.72 Å². The summed E-state index contributed by atoms with van der Waals surface area (Å²) in [5.74, 6) is -1.62. The Labute approximate surface area is 163 Å². The third kappa shape index (κ3) is 4.10. The van der Waals surface area contributed by atoms with Gasteiger partial charge in [-0.2, -0.15) is 18.2 Å². The number of benzene rings is 1. The molecular formula is C17H16F3N3O3S2. The predicted molar refractivity (Wildman–Crippen MR) is 97.0 cm³/mol. The largest absolute Gasteiger partial charge is 0.471 e. The zero-order chi connectivity index (χ0) is 20.6. The molecule has 28 heavy (non-hydrogen) atoms. The maximum Gasteiger partial charge on any atom is 0.471 e. The number of halogens is 3. The van der Waals surface area contributed by atoms with Gasteiger partial charge in [0.1, 0.15) is 4.21 Å². The second kappa shape index (κ2) is 7.30. The summed E-state index contributed by atoms with van der Waals surface area (Å²) in [7, 11) is -3.71. The van der Waals surface area contributed by atoms with E-state index in [4.69, 9.17) is 0 Å². The SMILES string of the molecule is CCC(C)(NS(=O)(=O)c1cccs1)c1ccc(-c2noc(C(F)(F)F)n2)cc1. The van der Waals surface area contributed by atoms with Crippen LogP contribution in [0.5, 0.6) is 0 Å². The summed E-state index contributed by atoms with van der Waals surface area (Å²) in [4.78, 5) is 3.34. The van der Waals surface area contributed by atoms with E-state index in [2.05, 4.69) is 19.4 Å². The lowest BCUT2D eigenvalue weighted by atomic mass is 9.90. The molecule has 3 rings (SSSR count). The maximum absolute atomic E-state index is 12.6. The summed E-state index contributed by atoms with van der Waals surface area (Å²) in [5.41, 5.74) is 0.0661. The molecule has 3 aromatic rings. The molecule has 0 aliphatic carbocycles. The van der Waals surface area contributed by atoms with Crippen LogP contribution >= 0.6 is 11.3 Å². The van der Waals surface area contributed by atoms with Gasteiger partial charge in [0, 0.05) is 5.56 Å². The Balaban J connectivity index is 1.87. The average Bonchev–Trinajstić information content (AvgIpc) is 3.33. The molecule has 0 amide bonds. The zero-order valence-corrected chi connectivity index (χ0v) is 16.5. The number of rotatable bonds is 6. The molecule has 6 nitrogen and oxygen atoms in total. The first-order valence-corrected chi connectivity index (χ1v) is 10.5. The minimum atomic E-state index is -4.72. The van der Waals surface area contributed by atoms with Gasteiger partial charge in [-0.05, 0) is 30.4 Å². The van der Waals surface area contributed by atoms with Crippen LogP contribution in [0.3, 0.4) is 0 Å². The van der Waals surface area contributed by atoms with Crippen molar-refractivity contribution in [1.29, 1.82) is 0 Å². The number of aromatic nitrogens is 2. The first kappa shape index (κ1) is 20.5. The van der Waals surface area contributed by atoms with Crippen LogP contribution in [0.15, 0.2) is 50.5 Å². The van der Waals surface area contributed by atoms with Gasteiger partial charge in [-0.1, -0.05) is 42.4 Å². The van der Waals surface area contributed by atoms with Gasteiger partial charge in [0.2, 0.25) is 5.82 Å². The van der Waals surface area contributed by atoms with Gasteiger partial charge in [-0.15, -0.1) is 11.3 Å². The van der Waals surface area contributed by atoms with Crippen LogP contribution in [0.2, 0.25) is 0 Å². The molecule has 2 aromatic heterocycles. The van der Waals surface area contributed by atoms with E-state index in [1.807, 2.05) is 6.92 Å². The van der Waals surface area contributed by atoms with Crippen LogP contribution in [0.1, 0.15) is 31.7 Å². The van der Waals surface area contributed by atoms with Gasteiger partial charge < -0.3 is 4.52 Å². The highest BCUT2D eigenvalue weighted by Gasteiger charge is 2.38. The normalized spacial score (nSPS) is 14.8. The Morgan fingerprint density at radius 2 is 1.86 bits per heavy atom. The topological polar surface area (TPSA) is 85.1 Å². The molecule has 0 spiro atoms. The third-order valence-electron chi connectivity index (χ3n) is 4.28. The molecule has 0 saturated carbocycles. The number of nitrogens with zero attached hydrogens (tertiary/aromatic N) is 2. The van der Waals surface area contributed by atoms with E-state index in [9.17, 15) is 21.6 Å². The van der Waals surface area contributed by atoms with Gasteiger partial charge in [0.15, 0.2) is 0 Å². The summed E-state index contributed by atoms with van der Waals surface area (Å²) >= 11 is 1.11. The quantitative estimate of drug-likeness (QED) is 0.625. The Bertz CT molecular complexity index is 1050. The minimum absolute atomic E-state index is 0.198. The summed E-state index contributed by atoms with van der Waals surface area (Å²) < 4.78 is 70.1. The van der Waals surface area contributed by atoms with Crippen LogP contribution in [-0.4, -0.2) is 18.6 Å².